The van der Waals surface area contributed by atoms with E-state index in [1.807, 2.05) is 48.2 Å². The molecule has 0 saturated carbocycles. The van der Waals surface area contributed by atoms with Crippen molar-refractivity contribution in [3.8, 4) is 0 Å². The Morgan fingerprint density at radius 2 is 1.96 bits per heavy atom. The highest BCUT2D eigenvalue weighted by Crippen LogP contribution is 2.27. The number of benzene rings is 1. The van der Waals surface area contributed by atoms with E-state index in [1.54, 1.807) is 0 Å². The van der Waals surface area contributed by atoms with E-state index in [9.17, 15) is 9.90 Å². The van der Waals surface area contributed by atoms with Gasteiger partial charge in [0.1, 0.15) is 0 Å². The molecule has 1 fully saturated rings. The molecule has 1 saturated heterocycles. The van der Waals surface area contributed by atoms with Crippen LogP contribution in [0.1, 0.15) is 29.6 Å². The second kappa shape index (κ2) is 8.49. The number of carbonyl (C=O) groups excluding carboxylic acids is 1. The van der Waals surface area contributed by atoms with Gasteiger partial charge in [0.05, 0.1) is 5.56 Å². The third-order valence-corrected chi connectivity index (χ3v) is 4.99. The zero-order valence-electron chi connectivity index (χ0n) is 15.4. The molecule has 2 atom stereocenters. The van der Waals surface area contributed by atoms with Gasteiger partial charge in [-0.25, -0.2) is 0 Å². The van der Waals surface area contributed by atoms with Crippen LogP contribution in [-0.2, 0) is 0 Å². The summed E-state index contributed by atoms with van der Waals surface area (Å²) >= 11 is 0. The lowest BCUT2D eigenvalue weighted by Crippen LogP contribution is -2.50. The summed E-state index contributed by atoms with van der Waals surface area (Å²) in [5.41, 5.74) is 1.73. The smallest absolute Gasteiger partial charge is 0.255 e. The lowest BCUT2D eigenvalue weighted by molar-refractivity contribution is 0.0496. The average molecular weight is 333 g/mol. The summed E-state index contributed by atoms with van der Waals surface area (Å²) in [6.07, 6.45) is 2.74. The molecule has 0 aromatic heterocycles. The van der Waals surface area contributed by atoms with Gasteiger partial charge in [0.25, 0.3) is 5.91 Å². The molecule has 134 valence electrons. The van der Waals surface area contributed by atoms with Crippen LogP contribution >= 0.6 is 0 Å². The van der Waals surface area contributed by atoms with Crippen molar-refractivity contribution in [2.24, 2.45) is 5.92 Å². The molecule has 1 N–H and O–H groups in total. The molecule has 1 amide bonds. The van der Waals surface area contributed by atoms with Crippen LogP contribution in [0.4, 0.5) is 5.69 Å². The minimum atomic E-state index is 0.116. The lowest BCUT2D eigenvalue weighted by atomic mass is 9.87. The van der Waals surface area contributed by atoms with Crippen LogP contribution < -0.4 is 4.90 Å². The molecule has 1 aromatic carbocycles. The quantitative estimate of drug-likeness (QED) is 0.864. The van der Waals surface area contributed by atoms with Gasteiger partial charge < -0.3 is 19.8 Å². The number of hydrogen-bond donors (Lipinski definition) is 1. The van der Waals surface area contributed by atoms with E-state index in [0.717, 1.165) is 43.6 Å². The van der Waals surface area contributed by atoms with Gasteiger partial charge in [0.15, 0.2) is 0 Å². The number of para-hydroxylation sites is 1. The van der Waals surface area contributed by atoms with E-state index in [2.05, 4.69) is 19.0 Å². The fraction of sp³-hybridized carbons (Fsp3) is 0.632. The Balaban J connectivity index is 2.16. The second-order valence-corrected chi connectivity index (χ2v) is 7.11. The molecular weight excluding hydrogens is 302 g/mol. The number of carbonyl (C=O) groups is 1. The lowest BCUT2D eigenvalue weighted by Gasteiger charge is -2.42. The molecule has 0 spiro atoms. The van der Waals surface area contributed by atoms with Gasteiger partial charge in [-0.3, -0.25) is 4.79 Å². The molecule has 0 unspecified atom stereocenters. The van der Waals surface area contributed by atoms with E-state index in [4.69, 9.17) is 0 Å². The van der Waals surface area contributed by atoms with Crippen molar-refractivity contribution in [3.63, 3.8) is 0 Å². The van der Waals surface area contributed by atoms with Crippen LogP contribution in [0.3, 0.4) is 0 Å². The zero-order chi connectivity index (χ0) is 17.7. The van der Waals surface area contributed by atoms with Gasteiger partial charge in [0, 0.05) is 45.5 Å². The third-order valence-electron chi connectivity index (χ3n) is 4.99. The average Bonchev–Trinajstić information content (AvgIpc) is 2.58. The molecule has 5 heteroatoms. The highest BCUT2D eigenvalue weighted by Gasteiger charge is 2.33. The van der Waals surface area contributed by atoms with Crippen molar-refractivity contribution in [2.75, 3.05) is 52.8 Å². The molecule has 1 aliphatic rings. The number of amides is 1. The van der Waals surface area contributed by atoms with Crippen LogP contribution in [-0.4, -0.2) is 74.7 Å². The first-order valence-corrected chi connectivity index (χ1v) is 8.78. The highest BCUT2D eigenvalue weighted by atomic mass is 16.3. The minimum Gasteiger partial charge on any atom is -0.396 e. The van der Waals surface area contributed by atoms with Crippen molar-refractivity contribution in [1.29, 1.82) is 0 Å². The van der Waals surface area contributed by atoms with Gasteiger partial charge in [-0.05, 0) is 51.4 Å². The maximum absolute atomic E-state index is 13.1. The number of likely N-dealkylation sites (tertiary alicyclic amines) is 1. The van der Waals surface area contributed by atoms with E-state index in [0.29, 0.717) is 12.0 Å². The molecular formula is C19H31N3O2. The topological polar surface area (TPSA) is 47.0 Å². The van der Waals surface area contributed by atoms with Crippen molar-refractivity contribution >= 4 is 11.6 Å². The third kappa shape index (κ3) is 4.28. The second-order valence-electron chi connectivity index (χ2n) is 7.11. The number of rotatable bonds is 6. The van der Waals surface area contributed by atoms with Crippen molar-refractivity contribution in [2.45, 2.75) is 25.3 Å². The first-order chi connectivity index (χ1) is 11.5. The number of anilines is 1. The summed E-state index contributed by atoms with van der Waals surface area (Å²) < 4.78 is 0. The van der Waals surface area contributed by atoms with Gasteiger partial charge in [-0.15, -0.1) is 0 Å². The van der Waals surface area contributed by atoms with Crippen LogP contribution in [0.25, 0.3) is 0 Å². The van der Waals surface area contributed by atoms with Gasteiger partial charge in [0.2, 0.25) is 0 Å². The van der Waals surface area contributed by atoms with E-state index >= 15 is 0 Å². The number of piperidine rings is 1. The summed E-state index contributed by atoms with van der Waals surface area (Å²) in [5.74, 6) is 0.530. The number of aliphatic hydroxyl groups is 1. The molecule has 2 rings (SSSR count). The molecule has 0 aliphatic carbocycles. The van der Waals surface area contributed by atoms with Crippen LogP contribution in [0.2, 0.25) is 0 Å². The molecule has 0 bridgehead atoms. The standard InChI is InChI=1S/C19H31N3O2/c1-20(2)17-11-12-22(14-15(17)8-7-13-23)19(24)16-9-5-6-10-18(16)21(3)4/h5-6,9-10,15,17,23H,7-8,11-14H2,1-4H3/t15-,17+/m1/s1. The Hall–Kier alpha value is -1.59. The van der Waals surface area contributed by atoms with E-state index in [1.165, 1.54) is 0 Å². The van der Waals surface area contributed by atoms with Crippen LogP contribution in [0.15, 0.2) is 24.3 Å². The normalized spacial score (nSPS) is 21.2. The fourth-order valence-electron chi connectivity index (χ4n) is 3.74. The maximum atomic E-state index is 13.1. The zero-order valence-corrected chi connectivity index (χ0v) is 15.4. The molecule has 0 radical (unpaired) electrons. The number of nitrogens with zero attached hydrogens (tertiary/aromatic N) is 3. The number of hydrogen-bond acceptors (Lipinski definition) is 4. The Bertz CT molecular complexity index is 545. The van der Waals surface area contributed by atoms with Crippen molar-refractivity contribution in [3.05, 3.63) is 29.8 Å². The summed E-state index contributed by atoms with van der Waals surface area (Å²) in [4.78, 5) is 19.3. The Kier molecular flexibility index (Phi) is 6.63. The first-order valence-electron chi connectivity index (χ1n) is 8.78. The van der Waals surface area contributed by atoms with Crippen molar-refractivity contribution < 1.29 is 9.90 Å². The Labute approximate surface area is 145 Å². The van der Waals surface area contributed by atoms with Crippen LogP contribution in [0.5, 0.6) is 0 Å². The summed E-state index contributed by atoms with van der Waals surface area (Å²) in [6, 6.07) is 8.27. The molecule has 1 aromatic rings. The predicted molar refractivity (Wildman–Crippen MR) is 98.6 cm³/mol. The maximum Gasteiger partial charge on any atom is 0.255 e. The molecule has 24 heavy (non-hydrogen) atoms. The van der Waals surface area contributed by atoms with E-state index in [-0.39, 0.29) is 12.5 Å². The first kappa shape index (κ1) is 18.7. The van der Waals surface area contributed by atoms with Gasteiger partial charge >= 0.3 is 0 Å². The monoisotopic (exact) mass is 333 g/mol. The van der Waals surface area contributed by atoms with Gasteiger partial charge in [-0.2, -0.15) is 0 Å². The Morgan fingerprint density at radius 3 is 2.58 bits per heavy atom. The summed E-state index contributed by atoms with van der Waals surface area (Å²) in [7, 11) is 8.15. The largest absolute Gasteiger partial charge is 0.396 e. The van der Waals surface area contributed by atoms with Gasteiger partial charge in [-0.1, -0.05) is 12.1 Å². The van der Waals surface area contributed by atoms with Crippen LogP contribution in [0, 0.1) is 5.92 Å². The van der Waals surface area contributed by atoms with Crippen molar-refractivity contribution in [1.82, 2.24) is 9.80 Å². The molecule has 1 heterocycles. The number of aliphatic hydroxyl groups excluding tert-OH is 1. The minimum absolute atomic E-state index is 0.116. The predicted octanol–water partition coefficient (Wildman–Crippen LogP) is 1.92. The fourth-order valence-corrected chi connectivity index (χ4v) is 3.74. The molecule has 5 nitrogen and oxygen atoms in total. The SMILES string of the molecule is CN(C)c1ccccc1C(=O)N1CC[C@H](N(C)C)[C@H](CCCO)C1. The van der Waals surface area contributed by atoms with E-state index < -0.39 is 0 Å². The Morgan fingerprint density at radius 1 is 1.25 bits per heavy atom. The highest BCUT2D eigenvalue weighted by molar-refractivity contribution is 5.99. The molecule has 1 aliphatic heterocycles. The summed E-state index contributed by atoms with van der Waals surface area (Å²) in [6.45, 7) is 1.77. The summed E-state index contributed by atoms with van der Waals surface area (Å²) in [5, 5.41) is 9.17.